The van der Waals surface area contributed by atoms with E-state index in [4.69, 9.17) is 21.7 Å². The molecule has 5 nitrogen and oxygen atoms in total. The Hall–Kier alpha value is -1.82. The highest BCUT2D eigenvalue weighted by atomic mass is 32.1. The van der Waals surface area contributed by atoms with E-state index in [-0.39, 0.29) is 18.7 Å². The van der Waals surface area contributed by atoms with E-state index in [1.165, 1.54) is 0 Å². The van der Waals surface area contributed by atoms with Crippen molar-refractivity contribution in [1.29, 1.82) is 0 Å². The fourth-order valence-corrected chi connectivity index (χ4v) is 2.60. The Labute approximate surface area is 110 Å². The number of nitrogens with one attached hydrogen (secondary N) is 1. The summed E-state index contributed by atoms with van der Waals surface area (Å²) in [5.41, 5.74) is 0.900. The third-order valence-electron chi connectivity index (χ3n) is 3.02. The van der Waals surface area contributed by atoms with Crippen LogP contribution in [0, 0.1) is 0 Å². The lowest BCUT2D eigenvalue weighted by molar-refractivity contribution is -0.120. The molecule has 1 fully saturated rings. The molecule has 1 unspecified atom stereocenters. The lowest BCUT2D eigenvalue weighted by atomic mass is 10.1. The molecule has 0 aromatic heterocycles. The Morgan fingerprint density at radius 1 is 1.39 bits per heavy atom. The summed E-state index contributed by atoms with van der Waals surface area (Å²) < 4.78 is 10.6. The summed E-state index contributed by atoms with van der Waals surface area (Å²) in [5.74, 6) is 1.40. The average molecular weight is 264 g/mol. The number of hydrogen-bond donors (Lipinski definition) is 1. The SMILES string of the molecule is CC1CC(=O)NC(=S)N1c1ccc2c(c1)OCO2. The molecule has 1 saturated heterocycles. The van der Waals surface area contributed by atoms with Gasteiger partial charge in [0, 0.05) is 24.2 Å². The van der Waals surface area contributed by atoms with Crippen LogP contribution in [-0.4, -0.2) is 23.9 Å². The smallest absolute Gasteiger partial charge is 0.231 e. The first-order valence-electron chi connectivity index (χ1n) is 5.68. The lowest BCUT2D eigenvalue weighted by Crippen LogP contribution is -2.54. The number of hydrogen-bond acceptors (Lipinski definition) is 4. The largest absolute Gasteiger partial charge is 0.454 e. The van der Waals surface area contributed by atoms with Gasteiger partial charge in [-0.2, -0.15) is 0 Å². The summed E-state index contributed by atoms with van der Waals surface area (Å²) >= 11 is 5.21. The average Bonchev–Trinajstić information content (AvgIpc) is 2.74. The van der Waals surface area contributed by atoms with Crippen LogP contribution in [0.4, 0.5) is 5.69 Å². The monoisotopic (exact) mass is 264 g/mol. The zero-order chi connectivity index (χ0) is 12.7. The van der Waals surface area contributed by atoms with Gasteiger partial charge in [0.1, 0.15) is 0 Å². The maximum Gasteiger partial charge on any atom is 0.231 e. The fraction of sp³-hybridized carbons (Fsp3) is 0.333. The zero-order valence-electron chi connectivity index (χ0n) is 9.80. The molecule has 1 aromatic carbocycles. The summed E-state index contributed by atoms with van der Waals surface area (Å²) in [7, 11) is 0. The summed E-state index contributed by atoms with van der Waals surface area (Å²) in [4.78, 5) is 13.3. The number of carbonyl (C=O) groups excluding carboxylic acids is 1. The second-order valence-electron chi connectivity index (χ2n) is 4.31. The van der Waals surface area contributed by atoms with E-state index in [0.717, 1.165) is 11.4 Å². The highest BCUT2D eigenvalue weighted by Crippen LogP contribution is 2.36. The molecule has 0 spiro atoms. The summed E-state index contributed by atoms with van der Waals surface area (Å²) in [6, 6.07) is 5.67. The van der Waals surface area contributed by atoms with Gasteiger partial charge in [-0.25, -0.2) is 0 Å². The van der Waals surface area contributed by atoms with Crippen LogP contribution in [-0.2, 0) is 4.79 Å². The first kappa shape index (κ1) is 11.3. The number of anilines is 1. The molecular weight excluding hydrogens is 252 g/mol. The van der Waals surface area contributed by atoms with Crippen LogP contribution in [0.1, 0.15) is 13.3 Å². The third kappa shape index (κ3) is 1.78. The maximum absolute atomic E-state index is 11.4. The number of benzene rings is 1. The highest BCUT2D eigenvalue weighted by Gasteiger charge is 2.29. The molecule has 0 radical (unpaired) electrons. The zero-order valence-corrected chi connectivity index (χ0v) is 10.6. The summed E-state index contributed by atoms with van der Waals surface area (Å²) in [5, 5.41) is 3.10. The predicted octanol–water partition coefficient (Wildman–Crippen LogP) is 1.42. The molecule has 1 atom stereocenters. The fourth-order valence-electron chi connectivity index (χ4n) is 2.20. The molecule has 1 amide bonds. The van der Waals surface area contributed by atoms with Crippen LogP contribution in [0.25, 0.3) is 0 Å². The van der Waals surface area contributed by atoms with Crippen molar-refractivity contribution in [2.75, 3.05) is 11.7 Å². The van der Waals surface area contributed by atoms with E-state index < -0.39 is 0 Å². The van der Waals surface area contributed by atoms with Gasteiger partial charge in [-0.1, -0.05) is 0 Å². The highest BCUT2D eigenvalue weighted by molar-refractivity contribution is 7.80. The first-order valence-corrected chi connectivity index (χ1v) is 6.08. The molecule has 2 aliphatic heterocycles. The summed E-state index contributed by atoms with van der Waals surface area (Å²) in [6.45, 7) is 2.21. The molecule has 94 valence electrons. The van der Waals surface area contributed by atoms with Crippen LogP contribution in [0.5, 0.6) is 11.5 Å². The van der Waals surface area contributed by atoms with Crippen LogP contribution >= 0.6 is 12.2 Å². The topological polar surface area (TPSA) is 50.8 Å². The van der Waals surface area contributed by atoms with E-state index in [1.54, 1.807) is 0 Å². The van der Waals surface area contributed by atoms with Gasteiger partial charge in [-0.05, 0) is 31.3 Å². The standard InChI is InChI=1S/C12H12N2O3S/c1-7-4-11(15)13-12(18)14(7)8-2-3-9-10(5-8)17-6-16-9/h2-3,5,7H,4,6H2,1H3,(H,13,15,18). The van der Waals surface area contributed by atoms with Gasteiger partial charge < -0.3 is 19.7 Å². The van der Waals surface area contributed by atoms with Crippen molar-refractivity contribution < 1.29 is 14.3 Å². The Kier molecular flexibility index (Phi) is 2.59. The minimum Gasteiger partial charge on any atom is -0.454 e. The number of fused-ring (bicyclic) bond motifs is 1. The van der Waals surface area contributed by atoms with E-state index in [1.807, 2.05) is 30.0 Å². The molecule has 1 aromatic rings. The molecule has 18 heavy (non-hydrogen) atoms. The molecule has 0 aliphatic carbocycles. The van der Waals surface area contributed by atoms with E-state index >= 15 is 0 Å². The van der Waals surface area contributed by atoms with Crippen molar-refractivity contribution in [3.8, 4) is 11.5 Å². The Morgan fingerprint density at radius 3 is 2.94 bits per heavy atom. The molecular formula is C12H12N2O3S. The molecule has 1 N–H and O–H groups in total. The van der Waals surface area contributed by atoms with Crippen LogP contribution < -0.4 is 19.7 Å². The molecule has 6 heteroatoms. The molecule has 2 aliphatic rings. The molecule has 3 rings (SSSR count). The van der Waals surface area contributed by atoms with E-state index in [2.05, 4.69) is 5.32 Å². The van der Waals surface area contributed by atoms with E-state index in [0.29, 0.717) is 17.3 Å². The second kappa shape index (κ2) is 4.13. The second-order valence-corrected chi connectivity index (χ2v) is 4.70. The van der Waals surface area contributed by atoms with Gasteiger partial charge in [0.2, 0.25) is 12.7 Å². The molecule has 0 bridgehead atoms. The van der Waals surface area contributed by atoms with E-state index in [9.17, 15) is 4.79 Å². The normalized spacial score (nSPS) is 22.1. The molecule has 2 heterocycles. The predicted molar refractivity (Wildman–Crippen MR) is 69.9 cm³/mol. The lowest BCUT2D eigenvalue weighted by Gasteiger charge is -2.35. The van der Waals surface area contributed by atoms with Crippen molar-refractivity contribution in [2.45, 2.75) is 19.4 Å². The van der Waals surface area contributed by atoms with Gasteiger partial charge in [0.25, 0.3) is 0 Å². The third-order valence-corrected chi connectivity index (χ3v) is 3.32. The maximum atomic E-state index is 11.4. The number of carbonyl (C=O) groups is 1. The van der Waals surface area contributed by atoms with Crippen molar-refractivity contribution in [3.05, 3.63) is 18.2 Å². The van der Waals surface area contributed by atoms with Crippen molar-refractivity contribution in [2.24, 2.45) is 0 Å². The number of amides is 1. The van der Waals surface area contributed by atoms with Crippen LogP contribution in [0.2, 0.25) is 0 Å². The van der Waals surface area contributed by atoms with Gasteiger partial charge in [-0.15, -0.1) is 0 Å². The van der Waals surface area contributed by atoms with Gasteiger partial charge in [0.05, 0.1) is 0 Å². The minimum atomic E-state index is -0.0375. The number of nitrogens with zero attached hydrogens (tertiary/aromatic N) is 1. The summed E-state index contributed by atoms with van der Waals surface area (Å²) in [6.07, 6.45) is 0.425. The Bertz CT molecular complexity index is 532. The Balaban J connectivity index is 1.94. The first-order chi connectivity index (χ1) is 8.65. The van der Waals surface area contributed by atoms with Gasteiger partial charge >= 0.3 is 0 Å². The Morgan fingerprint density at radius 2 is 2.17 bits per heavy atom. The van der Waals surface area contributed by atoms with Crippen molar-refractivity contribution >= 4 is 28.9 Å². The van der Waals surface area contributed by atoms with Crippen LogP contribution in [0.3, 0.4) is 0 Å². The number of rotatable bonds is 1. The van der Waals surface area contributed by atoms with Gasteiger partial charge in [-0.3, -0.25) is 4.79 Å². The molecule has 0 saturated carbocycles. The van der Waals surface area contributed by atoms with Crippen molar-refractivity contribution in [1.82, 2.24) is 5.32 Å². The van der Waals surface area contributed by atoms with Crippen molar-refractivity contribution in [3.63, 3.8) is 0 Å². The number of thiocarbonyl (C=S) groups is 1. The minimum absolute atomic E-state index is 0.0339. The van der Waals surface area contributed by atoms with Crippen LogP contribution in [0.15, 0.2) is 18.2 Å². The quantitative estimate of drug-likeness (QED) is 0.777. The number of ether oxygens (including phenoxy) is 2. The van der Waals surface area contributed by atoms with Gasteiger partial charge in [0.15, 0.2) is 16.6 Å².